The van der Waals surface area contributed by atoms with Crippen molar-refractivity contribution in [1.82, 2.24) is 9.97 Å². The molecule has 0 radical (unpaired) electrons. The Bertz CT molecular complexity index is 1210. The van der Waals surface area contributed by atoms with E-state index in [9.17, 15) is 23.2 Å². The number of rotatable bonds is 2. The molecule has 2 amide bonds. The van der Waals surface area contributed by atoms with Crippen LogP contribution in [-0.2, 0) is 6.18 Å². The Morgan fingerprint density at radius 3 is 2.48 bits per heavy atom. The van der Waals surface area contributed by atoms with Crippen molar-refractivity contribution in [3.8, 4) is 6.07 Å². The van der Waals surface area contributed by atoms with E-state index in [2.05, 4.69) is 16.0 Å². The minimum atomic E-state index is -4.57. The zero-order valence-electron chi connectivity index (χ0n) is 16.2. The molecule has 2 aliphatic rings. The average molecular weight is 423 g/mol. The number of carbonyl (C=O) groups is 1. The number of halogens is 3. The number of fused-ring (bicyclic) bond motifs is 1. The van der Waals surface area contributed by atoms with Crippen LogP contribution in [0.25, 0.3) is 10.8 Å². The van der Waals surface area contributed by atoms with E-state index in [1.807, 2.05) is 24.3 Å². The molecule has 0 bridgehead atoms. The highest BCUT2D eigenvalue weighted by Gasteiger charge is 2.61. The first-order valence-corrected chi connectivity index (χ1v) is 9.76. The van der Waals surface area contributed by atoms with Crippen LogP contribution in [-0.4, -0.2) is 27.6 Å². The maximum atomic E-state index is 13.6. The predicted molar refractivity (Wildman–Crippen MR) is 107 cm³/mol. The van der Waals surface area contributed by atoms with Crippen LogP contribution in [0.2, 0.25) is 0 Å². The molecular weight excluding hydrogens is 407 g/mol. The van der Waals surface area contributed by atoms with E-state index in [-0.39, 0.29) is 5.69 Å². The number of hydrogen-bond donors (Lipinski definition) is 0. The molecule has 3 heterocycles. The first-order valence-electron chi connectivity index (χ1n) is 9.76. The second-order valence-electron chi connectivity index (χ2n) is 7.76. The average Bonchev–Trinajstić information content (AvgIpc) is 3.01. The van der Waals surface area contributed by atoms with Gasteiger partial charge in [-0.25, -0.2) is 9.78 Å². The summed E-state index contributed by atoms with van der Waals surface area (Å²) in [6.07, 6.45) is 1.68. The van der Waals surface area contributed by atoms with Gasteiger partial charge in [0, 0.05) is 17.0 Å². The molecule has 6 nitrogen and oxygen atoms in total. The maximum Gasteiger partial charge on any atom is 0.433 e. The number of anilines is 2. The van der Waals surface area contributed by atoms with Crippen LogP contribution < -0.4 is 9.80 Å². The van der Waals surface area contributed by atoms with Crippen LogP contribution in [0.1, 0.15) is 25.0 Å². The van der Waals surface area contributed by atoms with E-state index in [1.54, 1.807) is 12.4 Å². The summed E-state index contributed by atoms with van der Waals surface area (Å²) in [5, 5.41) is 11.6. The summed E-state index contributed by atoms with van der Waals surface area (Å²) in [6, 6.07) is 10.5. The number of alkyl halides is 3. The van der Waals surface area contributed by atoms with Crippen LogP contribution in [0.5, 0.6) is 0 Å². The number of hydrogen-bond acceptors (Lipinski definition) is 4. The zero-order valence-corrected chi connectivity index (χ0v) is 16.2. The molecule has 9 heteroatoms. The number of nitrogens with zero attached hydrogens (tertiary/aromatic N) is 5. The third-order valence-electron chi connectivity index (χ3n) is 6.15. The summed E-state index contributed by atoms with van der Waals surface area (Å²) < 4.78 is 38.9. The van der Waals surface area contributed by atoms with Gasteiger partial charge in [-0.2, -0.15) is 18.4 Å². The minimum Gasteiger partial charge on any atom is -0.283 e. The Hall–Kier alpha value is -3.67. The fourth-order valence-corrected chi connectivity index (χ4v) is 4.57. The normalized spacial score (nSPS) is 20.2. The standard InChI is InChI=1S/C22H16F3N5O/c23-22(24,25)18-7-6-15(12-28-18)30-20(31)29(19(10-26)21(30)8-3-9-21)17-13-27-11-14-4-1-2-5-16(14)17/h1-2,4-7,11-13,19H,3,8-9H2/t19-/m0/s1. The van der Waals surface area contributed by atoms with Crippen LogP contribution in [0, 0.1) is 11.3 Å². The van der Waals surface area contributed by atoms with Gasteiger partial charge in [0.1, 0.15) is 11.7 Å². The summed E-state index contributed by atoms with van der Waals surface area (Å²) in [7, 11) is 0. The van der Waals surface area contributed by atoms with E-state index in [0.717, 1.165) is 29.5 Å². The Balaban J connectivity index is 1.64. The lowest BCUT2D eigenvalue weighted by Gasteiger charge is -2.45. The molecule has 2 aromatic heterocycles. The highest BCUT2D eigenvalue weighted by atomic mass is 19.4. The molecule has 1 aliphatic heterocycles. The van der Waals surface area contributed by atoms with Gasteiger partial charge in [-0.1, -0.05) is 24.3 Å². The molecule has 0 N–H and O–H groups in total. The Morgan fingerprint density at radius 2 is 1.87 bits per heavy atom. The van der Waals surface area contributed by atoms with Gasteiger partial charge in [0.15, 0.2) is 0 Å². The smallest absolute Gasteiger partial charge is 0.283 e. The zero-order chi connectivity index (χ0) is 21.8. The third kappa shape index (κ3) is 2.75. The molecule has 1 aromatic carbocycles. The van der Waals surface area contributed by atoms with E-state index < -0.39 is 29.5 Å². The van der Waals surface area contributed by atoms with Gasteiger partial charge < -0.3 is 0 Å². The number of carbonyl (C=O) groups excluding carboxylic acids is 1. The number of urea groups is 1. The molecular formula is C22H16F3N5O. The first-order chi connectivity index (χ1) is 14.9. The molecule has 3 aromatic rings. The number of benzene rings is 1. The van der Waals surface area contributed by atoms with Crippen molar-refractivity contribution in [3.63, 3.8) is 0 Å². The van der Waals surface area contributed by atoms with Crippen molar-refractivity contribution < 1.29 is 18.0 Å². The monoisotopic (exact) mass is 423 g/mol. The second-order valence-corrected chi connectivity index (χ2v) is 7.76. The topological polar surface area (TPSA) is 73.1 Å². The van der Waals surface area contributed by atoms with Gasteiger partial charge >= 0.3 is 12.2 Å². The molecule has 5 rings (SSSR count). The molecule has 1 saturated heterocycles. The van der Waals surface area contributed by atoms with Crippen molar-refractivity contribution in [2.24, 2.45) is 0 Å². The van der Waals surface area contributed by atoms with Crippen molar-refractivity contribution in [1.29, 1.82) is 5.26 Å². The van der Waals surface area contributed by atoms with Gasteiger partial charge in [-0.15, -0.1) is 0 Å². The number of nitriles is 1. The van der Waals surface area contributed by atoms with Crippen molar-refractivity contribution in [3.05, 3.63) is 60.7 Å². The highest BCUT2D eigenvalue weighted by molar-refractivity contribution is 6.13. The van der Waals surface area contributed by atoms with E-state index in [4.69, 9.17) is 0 Å². The van der Waals surface area contributed by atoms with Gasteiger partial charge in [-0.3, -0.25) is 14.8 Å². The van der Waals surface area contributed by atoms with Gasteiger partial charge in [0.2, 0.25) is 0 Å². The molecule has 1 aliphatic carbocycles. The van der Waals surface area contributed by atoms with E-state index >= 15 is 0 Å². The molecule has 31 heavy (non-hydrogen) atoms. The molecule has 0 unspecified atom stereocenters. The largest absolute Gasteiger partial charge is 0.433 e. The molecule has 1 spiro atoms. The SMILES string of the molecule is N#C[C@@H]1N(c2cncc3ccccc23)C(=O)N(c2ccc(C(F)(F)F)nc2)C12CCC2. The van der Waals surface area contributed by atoms with Crippen LogP contribution in [0.3, 0.4) is 0 Å². The third-order valence-corrected chi connectivity index (χ3v) is 6.15. The Kier molecular flexibility index (Phi) is 4.15. The van der Waals surface area contributed by atoms with Crippen molar-refractivity contribution >= 4 is 28.2 Å². The Morgan fingerprint density at radius 1 is 1.10 bits per heavy atom. The van der Waals surface area contributed by atoms with Crippen LogP contribution in [0.4, 0.5) is 29.3 Å². The van der Waals surface area contributed by atoms with Crippen molar-refractivity contribution in [2.45, 2.75) is 37.0 Å². The molecule has 1 atom stereocenters. The summed E-state index contributed by atoms with van der Waals surface area (Å²) >= 11 is 0. The van der Waals surface area contributed by atoms with Gasteiger partial charge in [-0.05, 0) is 31.4 Å². The minimum absolute atomic E-state index is 0.244. The first kappa shape index (κ1) is 19.3. The predicted octanol–water partition coefficient (Wildman–Crippen LogP) is 4.91. The van der Waals surface area contributed by atoms with E-state index in [0.29, 0.717) is 18.5 Å². The summed E-state index contributed by atoms with van der Waals surface area (Å²) in [5.74, 6) is 0. The number of pyridine rings is 2. The maximum absolute atomic E-state index is 13.6. The fourth-order valence-electron chi connectivity index (χ4n) is 4.57. The van der Waals surface area contributed by atoms with E-state index in [1.165, 1.54) is 15.9 Å². The summed E-state index contributed by atoms with van der Waals surface area (Å²) in [4.78, 5) is 24.2. The van der Waals surface area contributed by atoms with Crippen LogP contribution in [0.15, 0.2) is 55.0 Å². The molecule has 156 valence electrons. The fraction of sp³-hybridized carbons (Fsp3) is 0.273. The quantitative estimate of drug-likeness (QED) is 0.587. The van der Waals surface area contributed by atoms with Gasteiger partial charge in [0.05, 0.1) is 35.4 Å². The lowest BCUT2D eigenvalue weighted by molar-refractivity contribution is -0.141. The lowest BCUT2D eigenvalue weighted by atomic mass is 9.71. The second kappa shape index (κ2) is 6.67. The highest BCUT2D eigenvalue weighted by Crippen LogP contribution is 2.51. The van der Waals surface area contributed by atoms with Crippen molar-refractivity contribution in [2.75, 3.05) is 9.80 Å². The molecule has 1 saturated carbocycles. The summed E-state index contributed by atoms with van der Waals surface area (Å²) in [6.45, 7) is 0. The molecule has 2 fully saturated rings. The Labute approximate surface area is 175 Å². The number of amides is 2. The van der Waals surface area contributed by atoms with Gasteiger partial charge in [0.25, 0.3) is 0 Å². The van der Waals surface area contributed by atoms with Crippen LogP contribution >= 0.6 is 0 Å². The lowest BCUT2D eigenvalue weighted by Crippen LogP contribution is -2.57. The summed E-state index contributed by atoms with van der Waals surface area (Å²) in [5.41, 5.74) is -1.10. The number of aromatic nitrogens is 2.